The lowest BCUT2D eigenvalue weighted by Crippen LogP contribution is -2.54. The summed E-state index contributed by atoms with van der Waals surface area (Å²) in [4.78, 5) is 49.0. The summed E-state index contributed by atoms with van der Waals surface area (Å²) in [6, 6.07) is 18.3. The molecule has 1 aliphatic heterocycles. The van der Waals surface area contributed by atoms with Crippen LogP contribution in [0.25, 0.3) is 6.08 Å². The Morgan fingerprint density at radius 1 is 0.971 bits per heavy atom. The van der Waals surface area contributed by atoms with Gasteiger partial charge in [0.2, 0.25) is 0 Å². The highest BCUT2D eigenvalue weighted by Crippen LogP contribution is 2.31. The maximum Gasteiger partial charge on any atom is 0.335 e. The van der Waals surface area contributed by atoms with Crippen molar-refractivity contribution in [3.8, 4) is 11.5 Å². The highest BCUT2D eigenvalue weighted by Gasteiger charge is 2.36. The highest BCUT2D eigenvalue weighted by atomic mass is 16.6. The fourth-order valence-corrected chi connectivity index (χ4v) is 3.45. The predicted molar refractivity (Wildman–Crippen MR) is 126 cm³/mol. The zero-order chi connectivity index (χ0) is 24.9. The summed E-state index contributed by atoms with van der Waals surface area (Å²) in [5, 5.41) is 13.1. The minimum atomic E-state index is -0.828. The van der Waals surface area contributed by atoms with E-state index in [1.807, 2.05) is 0 Å². The number of carbonyl (C=O) groups is 3. The quantitative estimate of drug-likeness (QED) is 0.239. The number of rotatable bonds is 7. The average Bonchev–Trinajstić information content (AvgIpc) is 2.86. The fourth-order valence-electron chi connectivity index (χ4n) is 3.45. The normalized spacial score (nSPS) is 14.6. The van der Waals surface area contributed by atoms with Gasteiger partial charge in [-0.3, -0.25) is 25.0 Å². The molecular formula is C25H19N3O7. The number of anilines is 1. The van der Waals surface area contributed by atoms with Crippen molar-refractivity contribution in [2.45, 2.75) is 6.61 Å². The lowest BCUT2D eigenvalue weighted by molar-refractivity contribution is -0.384. The predicted octanol–water partition coefficient (Wildman–Crippen LogP) is 3.85. The lowest BCUT2D eigenvalue weighted by Gasteiger charge is -2.26. The Kier molecular flexibility index (Phi) is 6.54. The summed E-state index contributed by atoms with van der Waals surface area (Å²) in [5.41, 5.74) is 1.13. The Bertz CT molecular complexity index is 1350. The van der Waals surface area contributed by atoms with Crippen LogP contribution in [0.15, 0.2) is 78.4 Å². The molecule has 4 rings (SSSR count). The van der Waals surface area contributed by atoms with Gasteiger partial charge in [0.15, 0.2) is 11.5 Å². The van der Waals surface area contributed by atoms with Gasteiger partial charge < -0.3 is 9.47 Å². The van der Waals surface area contributed by atoms with Gasteiger partial charge in [0.25, 0.3) is 17.5 Å². The topological polar surface area (TPSA) is 128 Å². The third-order valence-electron chi connectivity index (χ3n) is 5.13. The number of nitrogens with zero attached hydrogens (tertiary/aromatic N) is 2. The van der Waals surface area contributed by atoms with Crippen LogP contribution < -0.4 is 19.7 Å². The van der Waals surface area contributed by atoms with Gasteiger partial charge in [0.1, 0.15) is 12.2 Å². The molecule has 0 atom stereocenters. The molecule has 1 aliphatic rings. The third kappa shape index (κ3) is 5.01. The number of amides is 4. The average molecular weight is 473 g/mol. The number of nitro benzene ring substituents is 1. The summed E-state index contributed by atoms with van der Waals surface area (Å²) in [5.74, 6) is -0.877. The van der Waals surface area contributed by atoms with E-state index in [-0.39, 0.29) is 17.9 Å². The van der Waals surface area contributed by atoms with E-state index >= 15 is 0 Å². The van der Waals surface area contributed by atoms with Crippen LogP contribution in [0.3, 0.4) is 0 Å². The van der Waals surface area contributed by atoms with Crippen molar-refractivity contribution in [1.82, 2.24) is 5.32 Å². The summed E-state index contributed by atoms with van der Waals surface area (Å²) in [6.07, 6.45) is 1.35. The molecule has 1 N–H and O–H groups in total. The number of barbiturate groups is 1. The molecule has 0 aromatic heterocycles. The summed E-state index contributed by atoms with van der Waals surface area (Å²) in [7, 11) is 1.43. The second-order valence-electron chi connectivity index (χ2n) is 7.42. The van der Waals surface area contributed by atoms with Gasteiger partial charge in [-0.25, -0.2) is 9.69 Å². The molecule has 10 heteroatoms. The Morgan fingerprint density at radius 2 is 1.74 bits per heavy atom. The van der Waals surface area contributed by atoms with E-state index in [2.05, 4.69) is 5.32 Å². The zero-order valence-electron chi connectivity index (χ0n) is 18.5. The highest BCUT2D eigenvalue weighted by molar-refractivity contribution is 6.39. The van der Waals surface area contributed by atoms with Gasteiger partial charge in [-0.15, -0.1) is 0 Å². The first-order valence-corrected chi connectivity index (χ1v) is 10.4. The molecule has 1 heterocycles. The summed E-state index contributed by atoms with van der Waals surface area (Å²) < 4.78 is 11.1. The fraction of sp³-hybridized carbons (Fsp3) is 0.0800. The van der Waals surface area contributed by atoms with Crippen LogP contribution >= 0.6 is 0 Å². The number of methoxy groups -OCH3 is 1. The second kappa shape index (κ2) is 9.87. The SMILES string of the molecule is COc1cc(/C=C2\C(=O)NC(=O)N(c3ccccc3)C2=O)ccc1OCc1cccc([N+](=O)[O-])c1. The lowest BCUT2D eigenvalue weighted by atomic mass is 10.1. The van der Waals surface area contributed by atoms with Crippen LogP contribution in [0.1, 0.15) is 11.1 Å². The molecule has 0 bridgehead atoms. The van der Waals surface area contributed by atoms with E-state index in [1.165, 1.54) is 25.3 Å². The molecule has 176 valence electrons. The Labute approximate surface area is 199 Å². The Balaban J connectivity index is 1.57. The number of nitrogens with one attached hydrogen (secondary N) is 1. The van der Waals surface area contributed by atoms with E-state index < -0.39 is 22.8 Å². The molecule has 3 aromatic rings. The van der Waals surface area contributed by atoms with E-state index in [4.69, 9.17) is 9.47 Å². The van der Waals surface area contributed by atoms with Crippen LogP contribution in [-0.2, 0) is 16.2 Å². The van der Waals surface area contributed by atoms with Gasteiger partial charge in [0, 0.05) is 12.1 Å². The van der Waals surface area contributed by atoms with Crippen LogP contribution in [0.2, 0.25) is 0 Å². The van der Waals surface area contributed by atoms with Crippen molar-refractivity contribution in [3.05, 3.63) is 99.6 Å². The van der Waals surface area contributed by atoms with Crippen LogP contribution in [0, 0.1) is 10.1 Å². The van der Waals surface area contributed by atoms with E-state index in [9.17, 15) is 24.5 Å². The van der Waals surface area contributed by atoms with Crippen molar-refractivity contribution >= 4 is 35.3 Å². The molecule has 35 heavy (non-hydrogen) atoms. The van der Waals surface area contributed by atoms with Gasteiger partial charge in [-0.1, -0.05) is 36.4 Å². The number of nitro groups is 1. The van der Waals surface area contributed by atoms with Crippen LogP contribution in [-0.4, -0.2) is 29.9 Å². The first-order valence-electron chi connectivity index (χ1n) is 10.4. The molecular weight excluding hydrogens is 454 g/mol. The minimum Gasteiger partial charge on any atom is -0.493 e. The number of benzene rings is 3. The van der Waals surface area contributed by atoms with Crippen molar-refractivity contribution in [3.63, 3.8) is 0 Å². The first-order chi connectivity index (χ1) is 16.9. The second-order valence-corrected chi connectivity index (χ2v) is 7.42. The molecule has 0 saturated carbocycles. The van der Waals surface area contributed by atoms with Gasteiger partial charge in [-0.2, -0.15) is 0 Å². The minimum absolute atomic E-state index is 0.0431. The molecule has 10 nitrogen and oxygen atoms in total. The number of hydrogen-bond acceptors (Lipinski definition) is 7. The summed E-state index contributed by atoms with van der Waals surface area (Å²) >= 11 is 0. The monoisotopic (exact) mass is 473 g/mol. The number of carbonyl (C=O) groups excluding carboxylic acids is 3. The van der Waals surface area contributed by atoms with Crippen molar-refractivity contribution in [2.24, 2.45) is 0 Å². The standard InChI is InChI=1S/C25H19N3O7/c1-34-22-14-16(10-11-21(22)35-15-17-6-5-9-19(12-17)28(32)33)13-20-23(29)26-25(31)27(24(20)30)18-7-3-2-4-8-18/h2-14H,15H2,1H3,(H,26,29,31)/b20-13+. The van der Waals surface area contributed by atoms with E-state index in [1.54, 1.807) is 60.7 Å². The van der Waals surface area contributed by atoms with Gasteiger partial charge >= 0.3 is 6.03 Å². The number of ether oxygens (including phenoxy) is 2. The maximum absolute atomic E-state index is 13.0. The van der Waals surface area contributed by atoms with E-state index in [0.29, 0.717) is 28.3 Å². The van der Waals surface area contributed by atoms with Crippen molar-refractivity contribution in [1.29, 1.82) is 0 Å². The molecule has 0 spiro atoms. The van der Waals surface area contributed by atoms with Gasteiger partial charge in [0.05, 0.1) is 17.7 Å². The van der Waals surface area contributed by atoms with Gasteiger partial charge in [-0.05, 0) is 41.5 Å². The number of imide groups is 2. The Morgan fingerprint density at radius 3 is 2.46 bits per heavy atom. The number of urea groups is 1. The molecule has 4 amide bonds. The van der Waals surface area contributed by atoms with Crippen LogP contribution in [0.5, 0.6) is 11.5 Å². The molecule has 0 radical (unpaired) electrons. The Hall–Kier alpha value is -4.99. The first kappa shape index (κ1) is 23.2. The molecule has 3 aromatic carbocycles. The molecule has 0 unspecified atom stereocenters. The third-order valence-corrected chi connectivity index (χ3v) is 5.13. The van der Waals surface area contributed by atoms with Crippen molar-refractivity contribution in [2.75, 3.05) is 12.0 Å². The number of para-hydroxylation sites is 1. The number of hydrogen-bond donors (Lipinski definition) is 1. The maximum atomic E-state index is 13.0. The smallest absolute Gasteiger partial charge is 0.335 e. The molecule has 1 fully saturated rings. The number of non-ortho nitro benzene ring substituents is 1. The van der Waals surface area contributed by atoms with Crippen molar-refractivity contribution < 1.29 is 28.8 Å². The molecule has 0 aliphatic carbocycles. The molecule has 1 saturated heterocycles. The zero-order valence-corrected chi connectivity index (χ0v) is 18.5. The van der Waals surface area contributed by atoms with E-state index in [0.717, 1.165) is 4.90 Å². The summed E-state index contributed by atoms with van der Waals surface area (Å²) in [6.45, 7) is 0.0630. The van der Waals surface area contributed by atoms with Crippen LogP contribution in [0.4, 0.5) is 16.2 Å². The largest absolute Gasteiger partial charge is 0.493 e.